The number of hydrogen-bond acceptors (Lipinski definition) is 4. The molecule has 0 radical (unpaired) electrons. The number of carbonyl (C=O) groups is 2. The highest BCUT2D eigenvalue weighted by molar-refractivity contribution is 8.01. The Balaban J connectivity index is 1.47. The normalized spacial score (nSPS) is 16.1. The van der Waals surface area contributed by atoms with Gasteiger partial charge in [0, 0.05) is 21.8 Å². The standard InChI is InChI=1S/C22H18FN3O3S2/c1-13-21(27)25-18-11-14(7-9-19(18)30-13)22(28)24-16-8-10-20(17(23)12-16)31(29)26-15-5-3-2-4-6-15/h2-13,26H,1H3,(H,24,28)(H,25,27). The van der Waals surface area contributed by atoms with Crippen molar-refractivity contribution in [3.8, 4) is 0 Å². The maximum absolute atomic E-state index is 14.5. The molecule has 0 bridgehead atoms. The fraction of sp³-hybridized carbons (Fsp3) is 0.0909. The maximum Gasteiger partial charge on any atom is 0.255 e. The minimum Gasteiger partial charge on any atom is -0.324 e. The van der Waals surface area contributed by atoms with E-state index in [-0.39, 0.29) is 21.7 Å². The van der Waals surface area contributed by atoms with Gasteiger partial charge in [0.1, 0.15) is 5.82 Å². The van der Waals surface area contributed by atoms with Crippen LogP contribution in [0, 0.1) is 5.82 Å². The highest BCUT2D eigenvalue weighted by Gasteiger charge is 2.24. The Labute approximate surface area is 185 Å². The van der Waals surface area contributed by atoms with E-state index in [1.54, 1.807) is 42.5 Å². The molecule has 0 spiro atoms. The number of amides is 2. The van der Waals surface area contributed by atoms with Crippen LogP contribution in [0.3, 0.4) is 0 Å². The summed E-state index contributed by atoms with van der Waals surface area (Å²) < 4.78 is 29.7. The Bertz CT molecular complexity index is 1190. The van der Waals surface area contributed by atoms with Gasteiger partial charge in [0.25, 0.3) is 5.91 Å². The monoisotopic (exact) mass is 455 g/mol. The molecule has 6 nitrogen and oxygen atoms in total. The first-order chi connectivity index (χ1) is 14.9. The van der Waals surface area contributed by atoms with Crippen LogP contribution in [0.4, 0.5) is 21.5 Å². The van der Waals surface area contributed by atoms with E-state index in [1.807, 2.05) is 13.0 Å². The summed E-state index contributed by atoms with van der Waals surface area (Å²) >= 11 is 1.42. The summed E-state index contributed by atoms with van der Waals surface area (Å²) in [6.07, 6.45) is 0. The zero-order chi connectivity index (χ0) is 22.0. The molecule has 3 aromatic rings. The Morgan fingerprint density at radius 2 is 1.84 bits per heavy atom. The number of halogens is 1. The molecular weight excluding hydrogens is 437 g/mol. The lowest BCUT2D eigenvalue weighted by atomic mass is 10.1. The van der Waals surface area contributed by atoms with E-state index in [1.165, 1.54) is 23.9 Å². The van der Waals surface area contributed by atoms with E-state index >= 15 is 0 Å². The third kappa shape index (κ3) is 4.78. The van der Waals surface area contributed by atoms with Crippen molar-refractivity contribution in [3.63, 3.8) is 0 Å². The van der Waals surface area contributed by atoms with Crippen LogP contribution in [0.25, 0.3) is 0 Å². The zero-order valence-corrected chi connectivity index (χ0v) is 18.0. The van der Waals surface area contributed by atoms with Crippen LogP contribution in [0.1, 0.15) is 17.3 Å². The van der Waals surface area contributed by atoms with Crippen LogP contribution in [0.15, 0.2) is 76.5 Å². The number of para-hydroxylation sites is 1. The topological polar surface area (TPSA) is 87.3 Å². The van der Waals surface area contributed by atoms with Crippen molar-refractivity contribution in [1.82, 2.24) is 0 Å². The zero-order valence-electron chi connectivity index (χ0n) is 16.3. The van der Waals surface area contributed by atoms with Gasteiger partial charge in [0.05, 0.1) is 15.8 Å². The molecule has 3 aromatic carbocycles. The second kappa shape index (κ2) is 8.91. The SMILES string of the molecule is CC1Sc2ccc(C(=O)Nc3ccc(S(=O)Nc4ccccc4)c(F)c3)cc2NC1=O. The van der Waals surface area contributed by atoms with Gasteiger partial charge in [-0.1, -0.05) is 18.2 Å². The van der Waals surface area contributed by atoms with Gasteiger partial charge >= 0.3 is 0 Å². The molecule has 0 aliphatic carbocycles. The van der Waals surface area contributed by atoms with Gasteiger partial charge < -0.3 is 15.4 Å². The number of anilines is 3. The molecule has 0 saturated heterocycles. The van der Waals surface area contributed by atoms with Crippen LogP contribution >= 0.6 is 11.8 Å². The summed E-state index contributed by atoms with van der Waals surface area (Å²) in [6.45, 7) is 1.81. The Kier molecular flexibility index (Phi) is 6.06. The maximum atomic E-state index is 14.5. The summed E-state index contributed by atoms with van der Waals surface area (Å²) in [5.41, 5.74) is 1.73. The van der Waals surface area contributed by atoms with Crippen molar-refractivity contribution >= 4 is 51.6 Å². The van der Waals surface area contributed by atoms with Gasteiger partial charge in [-0.2, -0.15) is 0 Å². The van der Waals surface area contributed by atoms with Crippen molar-refractivity contribution in [2.24, 2.45) is 0 Å². The predicted molar refractivity (Wildman–Crippen MR) is 121 cm³/mol. The number of nitrogens with one attached hydrogen (secondary N) is 3. The Morgan fingerprint density at radius 1 is 1.06 bits per heavy atom. The van der Waals surface area contributed by atoms with Crippen molar-refractivity contribution in [1.29, 1.82) is 0 Å². The van der Waals surface area contributed by atoms with Crippen molar-refractivity contribution < 1.29 is 18.2 Å². The summed E-state index contributed by atoms with van der Waals surface area (Å²) in [5.74, 6) is -1.27. The summed E-state index contributed by atoms with van der Waals surface area (Å²) in [5, 5.41) is 5.20. The molecule has 2 unspecified atom stereocenters. The molecule has 2 amide bonds. The van der Waals surface area contributed by atoms with Crippen molar-refractivity contribution in [2.75, 3.05) is 15.4 Å². The lowest BCUT2D eigenvalue weighted by molar-refractivity contribution is -0.115. The average molecular weight is 456 g/mol. The molecule has 4 rings (SSSR count). The molecule has 0 fully saturated rings. The minimum absolute atomic E-state index is 0.0236. The first-order valence-electron chi connectivity index (χ1n) is 9.36. The fourth-order valence-corrected chi connectivity index (χ4v) is 4.77. The van der Waals surface area contributed by atoms with Crippen LogP contribution in [-0.4, -0.2) is 21.3 Å². The van der Waals surface area contributed by atoms with Crippen LogP contribution < -0.4 is 15.4 Å². The smallest absolute Gasteiger partial charge is 0.255 e. The molecular formula is C22H18FN3O3S2. The number of rotatable bonds is 5. The molecule has 2 atom stereocenters. The van der Waals surface area contributed by atoms with Gasteiger partial charge in [0.2, 0.25) is 5.91 Å². The van der Waals surface area contributed by atoms with E-state index in [0.29, 0.717) is 16.9 Å². The quantitative estimate of drug-likeness (QED) is 0.523. The van der Waals surface area contributed by atoms with E-state index < -0.39 is 22.7 Å². The lowest BCUT2D eigenvalue weighted by Gasteiger charge is -2.21. The number of thioether (sulfide) groups is 1. The van der Waals surface area contributed by atoms with E-state index in [0.717, 1.165) is 11.0 Å². The number of benzene rings is 3. The molecule has 1 aliphatic rings. The first-order valence-corrected chi connectivity index (χ1v) is 11.4. The van der Waals surface area contributed by atoms with Crippen LogP contribution in [-0.2, 0) is 15.8 Å². The van der Waals surface area contributed by atoms with Crippen molar-refractivity contribution in [2.45, 2.75) is 22.0 Å². The molecule has 3 N–H and O–H groups in total. The third-order valence-corrected chi connectivity index (χ3v) is 6.88. The minimum atomic E-state index is -1.79. The van der Waals surface area contributed by atoms with E-state index in [4.69, 9.17) is 0 Å². The van der Waals surface area contributed by atoms with Gasteiger partial charge in [-0.3, -0.25) is 9.59 Å². The molecule has 9 heteroatoms. The Morgan fingerprint density at radius 3 is 2.58 bits per heavy atom. The Hall–Kier alpha value is -3.17. The number of fused-ring (bicyclic) bond motifs is 1. The van der Waals surface area contributed by atoms with E-state index in [2.05, 4.69) is 15.4 Å². The lowest BCUT2D eigenvalue weighted by Crippen LogP contribution is -2.26. The number of carbonyl (C=O) groups excluding carboxylic acids is 2. The molecule has 158 valence electrons. The molecule has 1 heterocycles. The predicted octanol–water partition coefficient (Wildman–Crippen LogP) is 4.65. The second-order valence-corrected chi connectivity index (χ2v) is 9.36. The third-order valence-electron chi connectivity index (χ3n) is 4.55. The van der Waals surface area contributed by atoms with Gasteiger partial charge in [-0.25, -0.2) is 8.60 Å². The van der Waals surface area contributed by atoms with E-state index in [9.17, 15) is 18.2 Å². The first kappa shape index (κ1) is 21.1. The molecule has 31 heavy (non-hydrogen) atoms. The summed E-state index contributed by atoms with van der Waals surface area (Å²) in [6, 6.07) is 17.8. The van der Waals surface area contributed by atoms with Crippen molar-refractivity contribution in [3.05, 3.63) is 78.1 Å². The average Bonchev–Trinajstić information content (AvgIpc) is 2.75. The van der Waals surface area contributed by atoms with Crippen LogP contribution in [0.5, 0.6) is 0 Å². The van der Waals surface area contributed by atoms with Crippen LogP contribution in [0.2, 0.25) is 0 Å². The summed E-state index contributed by atoms with van der Waals surface area (Å²) in [7, 11) is -1.79. The van der Waals surface area contributed by atoms with Gasteiger partial charge in [0.15, 0.2) is 11.0 Å². The summed E-state index contributed by atoms with van der Waals surface area (Å²) in [4.78, 5) is 25.3. The largest absolute Gasteiger partial charge is 0.324 e. The van der Waals surface area contributed by atoms with Gasteiger partial charge in [-0.15, -0.1) is 11.8 Å². The number of hydrogen-bond donors (Lipinski definition) is 3. The molecule has 1 aliphatic heterocycles. The highest BCUT2D eigenvalue weighted by Crippen LogP contribution is 2.36. The second-order valence-electron chi connectivity index (χ2n) is 6.80. The van der Waals surface area contributed by atoms with Gasteiger partial charge in [-0.05, 0) is 55.5 Å². The molecule has 0 saturated carbocycles. The highest BCUT2D eigenvalue weighted by atomic mass is 32.2. The fourth-order valence-electron chi connectivity index (χ4n) is 2.95. The molecule has 0 aromatic heterocycles.